The van der Waals surface area contributed by atoms with Crippen molar-refractivity contribution in [2.24, 2.45) is 0 Å². The lowest BCUT2D eigenvalue weighted by molar-refractivity contribution is 0.0883. The van der Waals surface area contributed by atoms with Crippen molar-refractivity contribution in [2.75, 3.05) is 26.2 Å². The van der Waals surface area contributed by atoms with Crippen LogP contribution >= 0.6 is 0 Å². The second-order valence-electron chi connectivity index (χ2n) is 11.8. The van der Waals surface area contributed by atoms with E-state index in [1.54, 1.807) is 12.1 Å². The van der Waals surface area contributed by atoms with E-state index in [0.717, 1.165) is 60.1 Å². The molecule has 4 aromatic rings. The number of hydrogen-bond donors (Lipinski definition) is 2. The largest absolute Gasteiger partial charge is 0.508 e. The molecule has 6 rings (SSSR count). The summed E-state index contributed by atoms with van der Waals surface area (Å²) in [7, 11) is 0. The summed E-state index contributed by atoms with van der Waals surface area (Å²) in [6, 6.07) is 26.0. The maximum Gasteiger partial charge on any atom is 0.252 e. The van der Waals surface area contributed by atoms with Gasteiger partial charge in [0.1, 0.15) is 5.75 Å². The molecule has 218 valence electrons. The number of pyridine rings is 1. The summed E-state index contributed by atoms with van der Waals surface area (Å²) in [5, 5.41) is 14.5. The molecule has 6 heteroatoms. The van der Waals surface area contributed by atoms with Gasteiger partial charge < -0.3 is 15.3 Å². The zero-order valence-electron chi connectivity index (χ0n) is 24.6. The van der Waals surface area contributed by atoms with Crippen molar-refractivity contribution in [1.29, 1.82) is 0 Å². The number of amides is 1. The number of aromatic hydroxyl groups is 1. The van der Waals surface area contributed by atoms with Gasteiger partial charge in [-0.3, -0.25) is 9.69 Å². The first-order valence-corrected chi connectivity index (χ1v) is 15.6. The Labute approximate surface area is 249 Å². The Morgan fingerprint density at radius 3 is 2.31 bits per heavy atom. The lowest BCUT2D eigenvalue weighted by Crippen LogP contribution is -2.46. The highest BCUT2D eigenvalue weighted by Gasteiger charge is 2.29. The number of piperidine rings is 2. The van der Waals surface area contributed by atoms with Gasteiger partial charge in [0.2, 0.25) is 0 Å². The monoisotopic (exact) mass is 562 g/mol. The SMILES string of the molecule is CCC(NC(=O)c1c(CN2CCC(N3CCCCC3)CC2)c(-c2ccccc2)nc2cc(O)ccc12)c1ccccc1. The van der Waals surface area contributed by atoms with E-state index in [-0.39, 0.29) is 17.7 Å². The molecule has 0 aliphatic carbocycles. The number of likely N-dealkylation sites (tertiary alicyclic amines) is 2. The zero-order chi connectivity index (χ0) is 28.9. The molecule has 0 spiro atoms. The number of nitrogens with one attached hydrogen (secondary N) is 1. The maximum absolute atomic E-state index is 14.4. The number of carbonyl (C=O) groups is 1. The number of rotatable bonds is 8. The quantitative estimate of drug-likeness (QED) is 0.244. The van der Waals surface area contributed by atoms with Crippen LogP contribution in [0.2, 0.25) is 0 Å². The van der Waals surface area contributed by atoms with Gasteiger partial charge in [-0.1, -0.05) is 74.0 Å². The third-order valence-corrected chi connectivity index (χ3v) is 9.11. The number of fused-ring (bicyclic) bond motifs is 1. The summed E-state index contributed by atoms with van der Waals surface area (Å²) in [6.45, 7) is 7.23. The van der Waals surface area contributed by atoms with E-state index in [0.29, 0.717) is 23.7 Å². The Hall–Kier alpha value is -3.74. The summed E-state index contributed by atoms with van der Waals surface area (Å²) >= 11 is 0. The molecule has 3 aromatic carbocycles. The second kappa shape index (κ2) is 13.1. The number of nitrogens with zero attached hydrogens (tertiary/aromatic N) is 3. The number of aromatic nitrogens is 1. The number of carbonyl (C=O) groups excluding carboxylic acids is 1. The highest BCUT2D eigenvalue weighted by molar-refractivity contribution is 6.09. The van der Waals surface area contributed by atoms with Crippen LogP contribution in [-0.2, 0) is 6.54 Å². The van der Waals surface area contributed by atoms with Crippen LogP contribution in [0.25, 0.3) is 22.2 Å². The molecule has 3 heterocycles. The molecule has 2 aliphatic heterocycles. The Bertz CT molecular complexity index is 1490. The fraction of sp³-hybridized carbons (Fsp3) is 0.389. The summed E-state index contributed by atoms with van der Waals surface area (Å²) in [5.74, 6) is 0.0443. The highest BCUT2D eigenvalue weighted by atomic mass is 16.3. The van der Waals surface area contributed by atoms with E-state index in [1.807, 2.05) is 42.5 Å². The highest BCUT2D eigenvalue weighted by Crippen LogP contribution is 2.34. The molecule has 2 saturated heterocycles. The van der Waals surface area contributed by atoms with E-state index in [9.17, 15) is 9.90 Å². The fourth-order valence-electron chi connectivity index (χ4n) is 6.83. The van der Waals surface area contributed by atoms with Gasteiger partial charge in [0.15, 0.2) is 0 Å². The standard InChI is InChI=1S/C36H42N4O2/c1-2-32(26-12-6-3-7-13-26)38-36(42)34-30-17-16-29(41)24-33(30)37-35(27-14-8-4-9-15-27)31(34)25-39-22-18-28(19-23-39)40-20-10-5-11-21-40/h3-4,6-9,12-17,24,28,32,41H,2,5,10-11,18-23,25H2,1H3,(H,38,42). The molecule has 1 unspecified atom stereocenters. The predicted molar refractivity (Wildman–Crippen MR) is 170 cm³/mol. The van der Waals surface area contributed by atoms with Crippen molar-refractivity contribution in [3.63, 3.8) is 0 Å². The van der Waals surface area contributed by atoms with Crippen LogP contribution in [0.5, 0.6) is 5.75 Å². The molecule has 1 atom stereocenters. The molecule has 0 bridgehead atoms. The molecule has 2 N–H and O–H groups in total. The first-order chi connectivity index (χ1) is 20.6. The number of hydrogen-bond acceptors (Lipinski definition) is 5. The number of phenolic OH excluding ortho intramolecular Hbond substituents is 1. The van der Waals surface area contributed by atoms with E-state index in [4.69, 9.17) is 4.98 Å². The third kappa shape index (κ3) is 6.20. The topological polar surface area (TPSA) is 68.7 Å². The van der Waals surface area contributed by atoms with Crippen LogP contribution in [0.1, 0.15) is 73.0 Å². The van der Waals surface area contributed by atoms with Crippen LogP contribution in [-0.4, -0.2) is 58.0 Å². The van der Waals surface area contributed by atoms with Crippen LogP contribution in [0.15, 0.2) is 78.9 Å². The molecule has 2 aliphatic rings. The Morgan fingerprint density at radius 2 is 1.62 bits per heavy atom. The molecular weight excluding hydrogens is 520 g/mol. The zero-order valence-corrected chi connectivity index (χ0v) is 24.6. The van der Waals surface area contributed by atoms with Crippen LogP contribution in [0, 0.1) is 0 Å². The molecule has 1 aromatic heterocycles. The average molecular weight is 563 g/mol. The van der Waals surface area contributed by atoms with Crippen molar-refractivity contribution in [2.45, 2.75) is 64.1 Å². The fourth-order valence-corrected chi connectivity index (χ4v) is 6.83. The first-order valence-electron chi connectivity index (χ1n) is 15.6. The van der Waals surface area contributed by atoms with E-state index in [2.05, 4.69) is 46.3 Å². The summed E-state index contributed by atoms with van der Waals surface area (Å²) in [6.07, 6.45) is 7.09. The van der Waals surface area contributed by atoms with Crippen molar-refractivity contribution >= 4 is 16.8 Å². The van der Waals surface area contributed by atoms with Crippen molar-refractivity contribution in [3.8, 4) is 17.0 Å². The van der Waals surface area contributed by atoms with Gasteiger partial charge in [-0.25, -0.2) is 4.98 Å². The minimum atomic E-state index is -0.104. The lowest BCUT2D eigenvalue weighted by atomic mass is 9.93. The molecule has 42 heavy (non-hydrogen) atoms. The van der Waals surface area contributed by atoms with Crippen LogP contribution in [0.4, 0.5) is 0 Å². The van der Waals surface area contributed by atoms with E-state index >= 15 is 0 Å². The van der Waals surface area contributed by atoms with Crippen molar-refractivity contribution < 1.29 is 9.90 Å². The number of phenols is 1. The molecule has 6 nitrogen and oxygen atoms in total. The van der Waals surface area contributed by atoms with E-state index in [1.165, 1.54) is 32.4 Å². The van der Waals surface area contributed by atoms with Gasteiger partial charge in [0, 0.05) is 35.2 Å². The Kier molecular flexibility index (Phi) is 8.82. The van der Waals surface area contributed by atoms with Crippen molar-refractivity contribution in [1.82, 2.24) is 20.1 Å². The molecule has 1 amide bonds. The van der Waals surface area contributed by atoms with Gasteiger partial charge >= 0.3 is 0 Å². The summed E-state index contributed by atoms with van der Waals surface area (Å²) < 4.78 is 0. The summed E-state index contributed by atoms with van der Waals surface area (Å²) in [5.41, 5.74) is 5.12. The second-order valence-corrected chi connectivity index (χ2v) is 11.8. The normalized spacial score (nSPS) is 17.7. The molecule has 0 saturated carbocycles. The van der Waals surface area contributed by atoms with Gasteiger partial charge in [-0.05, 0) is 76.0 Å². The minimum Gasteiger partial charge on any atom is -0.508 e. The smallest absolute Gasteiger partial charge is 0.252 e. The maximum atomic E-state index is 14.4. The van der Waals surface area contributed by atoms with Gasteiger partial charge in [0.05, 0.1) is 22.8 Å². The van der Waals surface area contributed by atoms with Gasteiger partial charge in [-0.2, -0.15) is 0 Å². The van der Waals surface area contributed by atoms with Gasteiger partial charge in [-0.15, -0.1) is 0 Å². The Morgan fingerprint density at radius 1 is 0.929 bits per heavy atom. The third-order valence-electron chi connectivity index (χ3n) is 9.11. The Balaban J connectivity index is 1.39. The average Bonchev–Trinajstić information content (AvgIpc) is 3.04. The molecular formula is C36H42N4O2. The molecule has 2 fully saturated rings. The predicted octanol–water partition coefficient (Wildman–Crippen LogP) is 6.94. The molecule has 0 radical (unpaired) electrons. The van der Waals surface area contributed by atoms with Crippen molar-refractivity contribution in [3.05, 3.63) is 95.6 Å². The number of benzene rings is 3. The first kappa shape index (κ1) is 28.4. The van der Waals surface area contributed by atoms with E-state index < -0.39 is 0 Å². The minimum absolute atomic E-state index is 0.0980. The van der Waals surface area contributed by atoms with Gasteiger partial charge in [0.25, 0.3) is 5.91 Å². The van der Waals surface area contributed by atoms with Crippen LogP contribution in [0.3, 0.4) is 0 Å². The summed E-state index contributed by atoms with van der Waals surface area (Å²) in [4.78, 5) is 24.7. The van der Waals surface area contributed by atoms with Crippen LogP contribution < -0.4 is 5.32 Å². The lowest BCUT2D eigenvalue weighted by Gasteiger charge is -2.40.